The summed E-state index contributed by atoms with van der Waals surface area (Å²) in [5, 5.41) is 3.02. The summed E-state index contributed by atoms with van der Waals surface area (Å²) >= 11 is 0. The third-order valence-electron chi connectivity index (χ3n) is 4.42. The second-order valence-corrected chi connectivity index (χ2v) is 8.40. The van der Waals surface area contributed by atoms with Crippen LogP contribution in [0, 0.1) is 5.82 Å². The molecule has 0 saturated carbocycles. The molecule has 1 atom stereocenters. The Labute approximate surface area is 161 Å². The molecule has 9 nitrogen and oxygen atoms in total. The molecule has 1 aliphatic heterocycles. The molecule has 2 aromatic rings. The van der Waals surface area contributed by atoms with Crippen LogP contribution in [0.15, 0.2) is 24.4 Å². The lowest BCUT2D eigenvalue weighted by Gasteiger charge is -2.15. The number of hydrogen-bond acceptors (Lipinski definition) is 8. The number of halogens is 1. The fourth-order valence-electron chi connectivity index (χ4n) is 2.97. The fraction of sp³-hybridized carbons (Fsp3) is 0.353. The molecule has 1 aliphatic rings. The van der Waals surface area contributed by atoms with E-state index in [0.29, 0.717) is 19.5 Å². The number of carbonyl (C=O) groups excluding carboxylic acids is 1. The van der Waals surface area contributed by atoms with Crippen molar-refractivity contribution in [3.8, 4) is 5.75 Å². The largest absolute Gasteiger partial charge is 0.496 e. The highest BCUT2D eigenvalue weighted by Crippen LogP contribution is 2.25. The summed E-state index contributed by atoms with van der Waals surface area (Å²) in [7, 11) is -1.88. The van der Waals surface area contributed by atoms with Gasteiger partial charge in [-0.15, -0.1) is 0 Å². The van der Waals surface area contributed by atoms with Crippen molar-refractivity contribution in [2.24, 2.45) is 0 Å². The van der Waals surface area contributed by atoms with Gasteiger partial charge in [0.1, 0.15) is 17.4 Å². The Hall–Kier alpha value is -2.79. The van der Waals surface area contributed by atoms with Gasteiger partial charge in [0.25, 0.3) is 0 Å². The Balaban J connectivity index is 1.78. The Morgan fingerprint density at radius 1 is 1.39 bits per heavy atom. The van der Waals surface area contributed by atoms with Crippen molar-refractivity contribution in [2.45, 2.75) is 12.5 Å². The Bertz CT molecular complexity index is 1010. The van der Waals surface area contributed by atoms with Crippen LogP contribution in [0.4, 0.5) is 16.2 Å². The van der Waals surface area contributed by atoms with E-state index in [2.05, 4.69) is 15.3 Å². The average Bonchev–Trinajstić information content (AvgIpc) is 3.10. The zero-order valence-corrected chi connectivity index (χ0v) is 16.2. The van der Waals surface area contributed by atoms with E-state index >= 15 is 0 Å². The number of aromatic nitrogens is 2. The van der Waals surface area contributed by atoms with Crippen molar-refractivity contribution in [1.82, 2.24) is 14.3 Å². The van der Waals surface area contributed by atoms with Crippen LogP contribution in [0.25, 0.3) is 0 Å². The highest BCUT2D eigenvalue weighted by Gasteiger charge is 2.29. The summed E-state index contributed by atoms with van der Waals surface area (Å²) in [6.07, 6.45) is 3.00. The van der Waals surface area contributed by atoms with Crippen LogP contribution in [0.5, 0.6) is 5.75 Å². The van der Waals surface area contributed by atoms with Crippen LogP contribution in [-0.4, -0.2) is 61.0 Å². The first-order chi connectivity index (χ1) is 13.2. The van der Waals surface area contributed by atoms with Gasteiger partial charge in [0.2, 0.25) is 21.8 Å². The molecule has 3 rings (SSSR count). The number of benzene rings is 1. The van der Waals surface area contributed by atoms with E-state index in [-0.39, 0.29) is 34.7 Å². The number of nitrogens with zero attached hydrogens (tertiary/aromatic N) is 3. The number of anilines is 2. The standard InChI is InChI=1S/C17H20FN5O4S/c1-27-14-4-3-10(18)7-12(14)15(24)13-8-20-17(22-16(13)19)21-11-5-6-23(9-11)28(2,25)26/h3-4,7-8,11H,5-6,9H2,1-2H3,(H3,19,20,21,22)/t11-/m0/s1. The Morgan fingerprint density at radius 3 is 2.75 bits per heavy atom. The number of ketones is 1. The fourth-order valence-corrected chi connectivity index (χ4v) is 3.86. The first kappa shape index (κ1) is 20.0. The number of carbonyl (C=O) groups is 1. The summed E-state index contributed by atoms with van der Waals surface area (Å²) in [5.74, 6) is -0.838. The molecular weight excluding hydrogens is 389 g/mol. The Kier molecular flexibility index (Phi) is 5.47. The van der Waals surface area contributed by atoms with Crippen LogP contribution >= 0.6 is 0 Å². The maximum Gasteiger partial charge on any atom is 0.224 e. The van der Waals surface area contributed by atoms with Gasteiger partial charge in [0.15, 0.2) is 0 Å². The zero-order chi connectivity index (χ0) is 20.5. The molecule has 0 radical (unpaired) electrons. The number of ether oxygens (including phenoxy) is 1. The van der Waals surface area contributed by atoms with E-state index in [9.17, 15) is 17.6 Å². The van der Waals surface area contributed by atoms with Gasteiger partial charge in [-0.2, -0.15) is 4.98 Å². The molecule has 1 saturated heterocycles. The number of hydrogen-bond donors (Lipinski definition) is 2. The van der Waals surface area contributed by atoms with E-state index < -0.39 is 21.6 Å². The molecule has 2 heterocycles. The van der Waals surface area contributed by atoms with Gasteiger partial charge in [-0.3, -0.25) is 4.79 Å². The SMILES string of the molecule is COc1ccc(F)cc1C(=O)c1cnc(N[C@H]2CCN(S(C)(=O)=O)C2)nc1N. The predicted molar refractivity (Wildman–Crippen MR) is 101 cm³/mol. The number of nitrogens with one attached hydrogen (secondary N) is 1. The second-order valence-electron chi connectivity index (χ2n) is 6.42. The smallest absolute Gasteiger partial charge is 0.224 e. The Morgan fingerprint density at radius 2 is 2.14 bits per heavy atom. The van der Waals surface area contributed by atoms with Gasteiger partial charge < -0.3 is 15.8 Å². The maximum absolute atomic E-state index is 13.5. The minimum absolute atomic E-state index is 0.0121. The number of sulfonamides is 1. The summed E-state index contributed by atoms with van der Waals surface area (Å²) in [4.78, 5) is 20.9. The van der Waals surface area contributed by atoms with Gasteiger partial charge in [-0.25, -0.2) is 22.1 Å². The lowest BCUT2D eigenvalue weighted by Crippen LogP contribution is -2.31. The van der Waals surface area contributed by atoms with Crippen LogP contribution in [0.3, 0.4) is 0 Å². The monoisotopic (exact) mass is 409 g/mol. The molecule has 0 unspecified atom stereocenters. The van der Waals surface area contributed by atoms with E-state index in [1.807, 2.05) is 0 Å². The minimum Gasteiger partial charge on any atom is -0.496 e. The van der Waals surface area contributed by atoms with Crippen molar-refractivity contribution in [2.75, 3.05) is 37.5 Å². The van der Waals surface area contributed by atoms with Crippen LogP contribution in [0.2, 0.25) is 0 Å². The highest BCUT2D eigenvalue weighted by molar-refractivity contribution is 7.88. The molecule has 3 N–H and O–H groups in total. The molecule has 0 amide bonds. The van der Waals surface area contributed by atoms with E-state index in [4.69, 9.17) is 10.5 Å². The molecule has 1 aromatic heterocycles. The van der Waals surface area contributed by atoms with Gasteiger partial charge in [0.05, 0.1) is 24.5 Å². The first-order valence-electron chi connectivity index (χ1n) is 8.41. The summed E-state index contributed by atoms with van der Waals surface area (Å²) in [5.41, 5.74) is 5.93. The molecule has 11 heteroatoms. The lowest BCUT2D eigenvalue weighted by molar-refractivity contribution is 0.103. The number of nitrogens with two attached hydrogens (primary N) is 1. The topological polar surface area (TPSA) is 128 Å². The van der Waals surface area contributed by atoms with Crippen molar-refractivity contribution in [3.63, 3.8) is 0 Å². The molecular formula is C17H20FN5O4S. The highest BCUT2D eigenvalue weighted by atomic mass is 32.2. The summed E-state index contributed by atoms with van der Waals surface area (Å²) in [6, 6.07) is 3.43. The van der Waals surface area contributed by atoms with E-state index in [1.165, 1.54) is 29.7 Å². The van der Waals surface area contributed by atoms with Crippen LogP contribution in [0.1, 0.15) is 22.3 Å². The van der Waals surface area contributed by atoms with Crippen molar-refractivity contribution >= 4 is 27.6 Å². The van der Waals surface area contributed by atoms with Gasteiger partial charge in [-0.05, 0) is 24.6 Å². The van der Waals surface area contributed by atoms with Gasteiger partial charge in [0, 0.05) is 25.3 Å². The van der Waals surface area contributed by atoms with Crippen molar-refractivity contribution in [3.05, 3.63) is 41.3 Å². The predicted octanol–water partition coefficient (Wildman–Crippen LogP) is 0.883. The number of rotatable bonds is 6. The second kappa shape index (κ2) is 7.68. The van der Waals surface area contributed by atoms with Crippen LogP contribution in [-0.2, 0) is 10.0 Å². The molecule has 0 aliphatic carbocycles. The average molecular weight is 409 g/mol. The normalized spacial score (nSPS) is 17.5. The third kappa shape index (κ3) is 4.20. The first-order valence-corrected chi connectivity index (χ1v) is 10.3. The molecule has 28 heavy (non-hydrogen) atoms. The minimum atomic E-state index is -3.25. The molecule has 0 spiro atoms. The lowest BCUT2D eigenvalue weighted by atomic mass is 10.0. The zero-order valence-electron chi connectivity index (χ0n) is 15.3. The van der Waals surface area contributed by atoms with Crippen molar-refractivity contribution in [1.29, 1.82) is 0 Å². The van der Waals surface area contributed by atoms with Crippen molar-refractivity contribution < 1.29 is 22.3 Å². The molecule has 0 bridgehead atoms. The molecule has 1 fully saturated rings. The van der Waals surface area contributed by atoms with Crippen LogP contribution < -0.4 is 15.8 Å². The quantitative estimate of drug-likeness (QED) is 0.673. The number of nitrogen functional groups attached to an aromatic ring is 1. The van der Waals surface area contributed by atoms with E-state index in [1.54, 1.807) is 0 Å². The number of methoxy groups -OCH3 is 1. The van der Waals surface area contributed by atoms with Gasteiger partial charge in [-0.1, -0.05) is 0 Å². The summed E-state index contributed by atoms with van der Waals surface area (Å²) < 4.78 is 43.2. The summed E-state index contributed by atoms with van der Waals surface area (Å²) in [6.45, 7) is 0.700. The molecule has 1 aromatic carbocycles. The maximum atomic E-state index is 13.5. The third-order valence-corrected chi connectivity index (χ3v) is 5.69. The van der Waals surface area contributed by atoms with Gasteiger partial charge >= 0.3 is 0 Å². The van der Waals surface area contributed by atoms with E-state index in [0.717, 1.165) is 12.3 Å². The molecule has 150 valence electrons.